The molecule has 3 rings (SSSR count). The van der Waals surface area contributed by atoms with Crippen LogP contribution in [0.5, 0.6) is 0 Å². The van der Waals surface area contributed by atoms with Crippen molar-refractivity contribution in [1.82, 2.24) is 20.4 Å². The number of carbonyl (C=O) groups excluding carboxylic acids is 1. The van der Waals surface area contributed by atoms with Gasteiger partial charge in [0.15, 0.2) is 0 Å². The monoisotopic (exact) mass is 454 g/mol. The van der Waals surface area contributed by atoms with Crippen LogP contribution in [0.2, 0.25) is 0 Å². The van der Waals surface area contributed by atoms with Gasteiger partial charge in [-0.25, -0.2) is 4.79 Å². The van der Waals surface area contributed by atoms with E-state index in [1.807, 2.05) is 0 Å². The summed E-state index contributed by atoms with van der Waals surface area (Å²) in [4.78, 5) is 30.1. The number of esters is 1. The van der Waals surface area contributed by atoms with E-state index < -0.39 is 21.4 Å². The van der Waals surface area contributed by atoms with Crippen LogP contribution >= 0.6 is 0 Å². The molecule has 32 heavy (non-hydrogen) atoms. The molecule has 14 nitrogen and oxygen atoms in total. The normalized spacial score (nSPS) is 11.8. The van der Waals surface area contributed by atoms with Gasteiger partial charge in [-0.05, 0) is 26.7 Å². The third-order valence-corrected chi connectivity index (χ3v) is 3.46. The minimum atomic E-state index is -1.26. The Morgan fingerprint density at radius 2 is 1.66 bits per heavy atom. The molecule has 3 N–H and O–H groups in total. The van der Waals surface area contributed by atoms with E-state index >= 15 is 0 Å². The Kier molecular flexibility index (Phi) is 15.6. The van der Waals surface area contributed by atoms with Crippen molar-refractivity contribution < 1.29 is 49.5 Å². The minimum Gasteiger partial charge on any atom is -0.464 e. The third-order valence-electron chi connectivity index (χ3n) is 3.46. The zero-order chi connectivity index (χ0) is 24.0. The number of aromatic nitrogens is 4. The van der Waals surface area contributed by atoms with Gasteiger partial charge in [-0.15, -0.1) is 0 Å². The topological polar surface area (TPSA) is 199 Å². The van der Waals surface area contributed by atoms with Crippen molar-refractivity contribution in [3.8, 4) is 0 Å². The fourth-order valence-corrected chi connectivity index (χ4v) is 2.05. The number of hydrogen-bond donors (Lipinski definition) is 3. The van der Waals surface area contributed by atoms with Crippen LogP contribution in [-0.4, -0.2) is 61.6 Å². The van der Waals surface area contributed by atoms with E-state index in [-0.39, 0.29) is 49.0 Å². The smallest absolute Gasteiger partial charge is 0.464 e. The summed E-state index contributed by atoms with van der Waals surface area (Å²) in [5.41, 5.74) is -1.97. The van der Waals surface area contributed by atoms with Gasteiger partial charge in [0.2, 0.25) is 5.69 Å². The molecule has 0 unspecified atom stereocenters. The molecule has 3 heterocycles. The van der Waals surface area contributed by atoms with Crippen LogP contribution in [-0.2, 0) is 15.1 Å². The molecule has 0 amide bonds. The number of nitrogens with zero attached hydrogens (tertiary/aromatic N) is 4. The van der Waals surface area contributed by atoms with Gasteiger partial charge in [0.25, 0.3) is 0 Å². The Hall–Kier alpha value is -2.79. The summed E-state index contributed by atoms with van der Waals surface area (Å²) in [7, 11) is 2.38. The number of ether oxygens (including phenoxy) is 2. The number of aromatic amines is 2. The van der Waals surface area contributed by atoms with Crippen LogP contribution in [0.4, 0.5) is 11.4 Å². The second kappa shape index (κ2) is 15.9. The van der Waals surface area contributed by atoms with Gasteiger partial charge in [-0.1, -0.05) is 7.40 Å². The predicted molar refractivity (Wildman–Crippen MR) is 110 cm³/mol. The maximum absolute atomic E-state index is 10.8. The van der Waals surface area contributed by atoms with E-state index in [1.165, 1.54) is 34.1 Å². The Bertz CT molecular complexity index is 828. The van der Waals surface area contributed by atoms with E-state index in [0.29, 0.717) is 0 Å². The number of nitro groups is 2. The summed E-state index contributed by atoms with van der Waals surface area (Å²) >= 11 is 0. The van der Waals surface area contributed by atoms with Gasteiger partial charge in [0.1, 0.15) is 23.7 Å². The second-order valence-electron chi connectivity index (χ2n) is 6.14. The minimum absolute atomic E-state index is 0. The molecule has 2 aromatic rings. The Labute approximate surface area is 199 Å². The summed E-state index contributed by atoms with van der Waals surface area (Å²) < 4.78 is 15.0. The van der Waals surface area contributed by atoms with Crippen molar-refractivity contribution >= 4 is 17.3 Å². The van der Waals surface area contributed by atoms with Crippen LogP contribution in [0.25, 0.3) is 0 Å². The summed E-state index contributed by atoms with van der Waals surface area (Å²) in [5, 5.41) is 41.4. The van der Waals surface area contributed by atoms with Crippen molar-refractivity contribution in [3.05, 3.63) is 51.4 Å². The van der Waals surface area contributed by atoms with Gasteiger partial charge in [-0.2, -0.15) is 10.2 Å². The Morgan fingerprint density at radius 3 is 2.00 bits per heavy atom. The molecular weight excluding hydrogens is 423 g/mol. The maximum atomic E-state index is 10.8. The first-order valence-electron chi connectivity index (χ1n) is 9.34. The standard InChI is InChI=1S/C6H9N3O3.C5H5N3O4.C4H8O.CH4.CH3.Li/c1-6(2,10)5-4(9(11)12)3-7-8-5;1-12-5(9)4-3(8(10)11)2-6-7-4;1-2-4-5-3-1;;;/h3,10H,1-2H3,(H,7,8);2H,1H3,(H,6,7);1-4H2;1H4;1H3;/q;;;;-1;+1/i;;;1T;;. The first-order chi connectivity index (χ1) is 14.6. The molecule has 1 aliphatic rings. The van der Waals surface area contributed by atoms with Crippen molar-refractivity contribution in [1.29, 1.82) is 0 Å². The van der Waals surface area contributed by atoms with Crippen LogP contribution in [0.15, 0.2) is 12.4 Å². The molecule has 0 spiro atoms. The molecule has 0 aliphatic carbocycles. The van der Waals surface area contributed by atoms with Crippen LogP contribution in [0.1, 0.15) is 51.6 Å². The summed E-state index contributed by atoms with van der Waals surface area (Å²) in [6.07, 6.45) is 4.58. The summed E-state index contributed by atoms with van der Waals surface area (Å²) in [6.45, 7) is 4.90. The average Bonchev–Trinajstić information content (AvgIpc) is 3.51. The Morgan fingerprint density at radius 1 is 1.19 bits per heavy atom. The van der Waals surface area contributed by atoms with Gasteiger partial charge < -0.3 is 22.0 Å². The van der Waals surface area contributed by atoms with Crippen molar-refractivity contribution in [3.63, 3.8) is 0 Å². The maximum Gasteiger partial charge on any atom is 1.00 e. The molecule has 0 saturated carbocycles. The van der Waals surface area contributed by atoms with Gasteiger partial charge >= 0.3 is 36.2 Å². The molecule has 2 aromatic heterocycles. The molecule has 0 radical (unpaired) electrons. The molecule has 1 saturated heterocycles. The first kappa shape index (κ1) is 31.4. The molecule has 15 heteroatoms. The number of rotatable bonds is 4. The van der Waals surface area contributed by atoms with Gasteiger partial charge in [-0.3, -0.25) is 30.4 Å². The van der Waals surface area contributed by atoms with Crippen LogP contribution in [0.3, 0.4) is 0 Å². The van der Waals surface area contributed by atoms with Gasteiger partial charge in [0, 0.05) is 14.6 Å². The quantitative estimate of drug-likeness (QED) is 0.178. The number of H-pyrrole nitrogens is 2. The van der Waals surface area contributed by atoms with Crippen molar-refractivity contribution in [2.24, 2.45) is 0 Å². The fourth-order valence-electron chi connectivity index (χ4n) is 2.05. The van der Waals surface area contributed by atoms with Crippen molar-refractivity contribution in [2.75, 3.05) is 20.3 Å². The predicted octanol–water partition coefficient (Wildman–Crippen LogP) is -0.463. The average molecular weight is 454 g/mol. The molecular formula is C17H29LiN6O8. The molecule has 1 fully saturated rings. The largest absolute Gasteiger partial charge is 1.00 e. The number of aliphatic hydroxyl groups is 1. The summed E-state index contributed by atoms with van der Waals surface area (Å²) in [6, 6.07) is 0. The zero-order valence-corrected chi connectivity index (χ0v) is 19.1. The zero-order valence-electron chi connectivity index (χ0n) is 20.1. The fraction of sp³-hybridized carbons (Fsp3) is 0.529. The molecule has 0 bridgehead atoms. The third kappa shape index (κ3) is 10.5. The van der Waals surface area contributed by atoms with E-state index in [4.69, 9.17) is 6.11 Å². The van der Waals surface area contributed by atoms with E-state index in [9.17, 15) is 30.1 Å². The first-order valence-corrected chi connectivity index (χ1v) is 8.34. The van der Waals surface area contributed by atoms with Crippen LogP contribution in [0, 0.1) is 27.7 Å². The van der Waals surface area contributed by atoms with E-state index in [2.05, 4.69) is 25.1 Å². The number of carbonyl (C=O) groups is 1. The van der Waals surface area contributed by atoms with E-state index in [0.717, 1.165) is 32.7 Å². The second-order valence-corrected chi connectivity index (χ2v) is 6.14. The number of methoxy groups -OCH3 is 1. The van der Waals surface area contributed by atoms with E-state index in [1.54, 1.807) is 0 Å². The number of nitrogens with one attached hydrogen (secondary N) is 2. The van der Waals surface area contributed by atoms with Gasteiger partial charge in [0.05, 0.1) is 17.0 Å². The molecule has 176 valence electrons. The number of hydrogen-bond acceptors (Lipinski definition) is 10. The SMILES string of the molecule is C1CCOC1.CC(C)(O)c1[nH]ncc1[N+](=O)[O-].COC(=O)c1[nH]ncc1[N+](=O)[O-].[3H]C.[CH3-].[Li+]. The Balaban J connectivity index is -0.000000406. The van der Waals surface area contributed by atoms with Crippen molar-refractivity contribution in [2.45, 2.75) is 39.7 Å². The van der Waals surface area contributed by atoms with Crippen LogP contribution < -0.4 is 18.9 Å². The molecule has 0 atom stereocenters. The molecule has 0 aromatic carbocycles. The summed E-state index contributed by atoms with van der Waals surface area (Å²) in [5.74, 6) is -0.806. The molecule has 1 aliphatic heterocycles.